The van der Waals surface area contributed by atoms with Gasteiger partial charge in [-0.2, -0.15) is 4.98 Å². The zero-order chi connectivity index (χ0) is 22.2. The van der Waals surface area contributed by atoms with E-state index in [2.05, 4.69) is 15.1 Å². The number of amidine groups is 1. The van der Waals surface area contributed by atoms with Crippen LogP contribution < -0.4 is 0 Å². The van der Waals surface area contributed by atoms with E-state index in [1.165, 1.54) is 29.5 Å². The molecule has 0 amide bonds. The van der Waals surface area contributed by atoms with Crippen molar-refractivity contribution in [1.82, 2.24) is 20.0 Å². The fourth-order valence-electron chi connectivity index (χ4n) is 3.42. The maximum atomic E-state index is 14.1. The standard InChI is InChI=1S/C22H15ClFN5O2S/c23-13-7-4-8-14(24)18(13)21-27-17(31-28-21)10-29-9-16(30)19(20(29)25)22-26-15(11-32-22)12-5-2-1-3-6-12/h1-8,11,25,30H,9-10H2. The van der Waals surface area contributed by atoms with Gasteiger partial charge in [-0.15, -0.1) is 11.3 Å². The molecule has 0 saturated heterocycles. The summed E-state index contributed by atoms with van der Waals surface area (Å²) in [5.41, 5.74) is 2.16. The Labute approximate surface area is 190 Å². The number of aliphatic hydroxyl groups excluding tert-OH is 1. The van der Waals surface area contributed by atoms with Gasteiger partial charge in [0, 0.05) is 10.9 Å². The molecule has 5 rings (SSSR count). The molecule has 0 radical (unpaired) electrons. The average Bonchev–Trinajstić information content (AvgIpc) is 3.49. The largest absolute Gasteiger partial charge is 0.510 e. The highest BCUT2D eigenvalue weighted by Crippen LogP contribution is 2.33. The van der Waals surface area contributed by atoms with Crippen molar-refractivity contribution in [3.63, 3.8) is 0 Å². The maximum Gasteiger partial charge on any atom is 0.246 e. The van der Waals surface area contributed by atoms with E-state index in [9.17, 15) is 9.50 Å². The topological polar surface area (TPSA) is 99.1 Å². The molecular formula is C22H15ClFN5O2S. The number of hydrogen-bond donors (Lipinski definition) is 2. The average molecular weight is 468 g/mol. The van der Waals surface area contributed by atoms with Crippen LogP contribution in [-0.4, -0.2) is 37.5 Å². The van der Waals surface area contributed by atoms with Crippen molar-refractivity contribution in [3.05, 3.63) is 81.4 Å². The van der Waals surface area contributed by atoms with Gasteiger partial charge in [-0.3, -0.25) is 5.41 Å². The van der Waals surface area contributed by atoms with Gasteiger partial charge in [0.1, 0.15) is 22.4 Å². The molecule has 0 bridgehead atoms. The maximum absolute atomic E-state index is 14.1. The molecule has 7 nitrogen and oxygen atoms in total. The number of benzene rings is 2. The number of aliphatic hydroxyl groups is 1. The van der Waals surface area contributed by atoms with Crippen LogP contribution in [0.15, 0.2) is 64.2 Å². The number of nitrogens with one attached hydrogen (secondary N) is 1. The van der Waals surface area contributed by atoms with Crippen LogP contribution in [0.5, 0.6) is 0 Å². The van der Waals surface area contributed by atoms with Gasteiger partial charge in [-0.1, -0.05) is 53.2 Å². The van der Waals surface area contributed by atoms with Crippen LogP contribution in [0, 0.1) is 11.2 Å². The third-order valence-electron chi connectivity index (χ3n) is 4.95. The quantitative estimate of drug-likeness (QED) is 0.407. The second kappa shape index (κ2) is 8.18. The number of rotatable bonds is 5. The van der Waals surface area contributed by atoms with Gasteiger partial charge < -0.3 is 14.5 Å². The molecule has 0 unspecified atom stereocenters. The number of nitrogens with zero attached hydrogens (tertiary/aromatic N) is 4. The number of thiazole rings is 1. The van der Waals surface area contributed by atoms with Crippen molar-refractivity contribution in [2.24, 2.45) is 0 Å². The minimum Gasteiger partial charge on any atom is -0.510 e. The van der Waals surface area contributed by atoms with Crippen molar-refractivity contribution in [3.8, 4) is 22.6 Å². The first-order valence-corrected chi connectivity index (χ1v) is 10.8. The summed E-state index contributed by atoms with van der Waals surface area (Å²) in [6, 6.07) is 14.0. The minimum absolute atomic E-state index is 0.0265. The second-order valence-corrected chi connectivity index (χ2v) is 8.30. The zero-order valence-corrected chi connectivity index (χ0v) is 18.0. The van der Waals surface area contributed by atoms with Crippen LogP contribution >= 0.6 is 22.9 Å². The fourth-order valence-corrected chi connectivity index (χ4v) is 4.56. The summed E-state index contributed by atoms with van der Waals surface area (Å²) in [6.45, 7) is 0.176. The Hall–Kier alpha value is -3.56. The number of aromatic nitrogens is 3. The lowest BCUT2D eigenvalue weighted by Gasteiger charge is -2.15. The SMILES string of the molecule is N=C1C(c2nc(-c3ccccc3)cs2)=C(O)CN1Cc1nc(-c2c(F)cccc2Cl)no1. The highest BCUT2D eigenvalue weighted by molar-refractivity contribution is 7.11. The monoisotopic (exact) mass is 467 g/mol. The third-order valence-corrected chi connectivity index (χ3v) is 6.13. The van der Waals surface area contributed by atoms with Crippen molar-refractivity contribution < 1.29 is 14.0 Å². The molecule has 10 heteroatoms. The molecule has 2 N–H and O–H groups in total. The Balaban J connectivity index is 1.35. The summed E-state index contributed by atoms with van der Waals surface area (Å²) < 4.78 is 19.4. The first-order chi connectivity index (χ1) is 15.5. The van der Waals surface area contributed by atoms with E-state index < -0.39 is 5.82 Å². The Bertz CT molecular complexity index is 1330. The summed E-state index contributed by atoms with van der Waals surface area (Å²) in [5, 5.41) is 25.5. The first-order valence-electron chi connectivity index (χ1n) is 9.55. The van der Waals surface area contributed by atoms with Crippen LogP contribution in [0.2, 0.25) is 5.02 Å². The van der Waals surface area contributed by atoms with E-state index in [0.717, 1.165) is 11.3 Å². The van der Waals surface area contributed by atoms with E-state index in [1.807, 2.05) is 35.7 Å². The normalized spacial score (nSPS) is 13.9. The molecule has 0 fully saturated rings. The lowest BCUT2D eigenvalue weighted by molar-refractivity contribution is 0.300. The first kappa shape index (κ1) is 20.3. The van der Waals surface area contributed by atoms with Crippen LogP contribution in [0.1, 0.15) is 10.9 Å². The molecule has 32 heavy (non-hydrogen) atoms. The van der Waals surface area contributed by atoms with Gasteiger partial charge in [0.25, 0.3) is 0 Å². The van der Waals surface area contributed by atoms with E-state index in [4.69, 9.17) is 21.5 Å². The summed E-state index contributed by atoms with van der Waals surface area (Å²) >= 11 is 7.43. The number of hydrogen-bond acceptors (Lipinski definition) is 7. The van der Waals surface area contributed by atoms with E-state index >= 15 is 0 Å². The van der Waals surface area contributed by atoms with Crippen molar-refractivity contribution >= 4 is 34.3 Å². The van der Waals surface area contributed by atoms with Crippen LogP contribution in [0.4, 0.5) is 4.39 Å². The second-order valence-electron chi connectivity index (χ2n) is 7.04. The van der Waals surface area contributed by atoms with E-state index in [1.54, 1.807) is 4.90 Å². The molecule has 3 heterocycles. The molecule has 0 atom stereocenters. The highest BCUT2D eigenvalue weighted by Gasteiger charge is 2.31. The molecular weight excluding hydrogens is 453 g/mol. The summed E-state index contributed by atoms with van der Waals surface area (Å²) in [4.78, 5) is 10.4. The predicted molar refractivity (Wildman–Crippen MR) is 120 cm³/mol. The molecule has 0 saturated carbocycles. The molecule has 0 aliphatic carbocycles. The summed E-state index contributed by atoms with van der Waals surface area (Å²) in [6.07, 6.45) is 0. The Morgan fingerprint density at radius 2 is 1.97 bits per heavy atom. The van der Waals surface area contributed by atoms with Crippen molar-refractivity contribution in [1.29, 1.82) is 5.41 Å². The summed E-state index contributed by atoms with van der Waals surface area (Å²) in [7, 11) is 0. The van der Waals surface area contributed by atoms with Gasteiger partial charge in [-0.25, -0.2) is 9.37 Å². The van der Waals surface area contributed by atoms with Crippen molar-refractivity contribution in [2.45, 2.75) is 6.54 Å². The molecule has 0 spiro atoms. The molecule has 4 aromatic rings. The lowest BCUT2D eigenvalue weighted by Crippen LogP contribution is -2.26. The summed E-state index contributed by atoms with van der Waals surface area (Å²) in [5.74, 6) is -0.222. The van der Waals surface area contributed by atoms with E-state index in [0.29, 0.717) is 10.6 Å². The molecule has 2 aromatic heterocycles. The Morgan fingerprint density at radius 1 is 1.16 bits per heavy atom. The molecule has 1 aliphatic heterocycles. The van der Waals surface area contributed by atoms with Crippen LogP contribution in [0.25, 0.3) is 28.2 Å². The zero-order valence-electron chi connectivity index (χ0n) is 16.4. The molecule has 2 aromatic carbocycles. The van der Waals surface area contributed by atoms with Gasteiger partial charge in [0.05, 0.1) is 34.9 Å². The Morgan fingerprint density at radius 3 is 2.75 bits per heavy atom. The minimum atomic E-state index is -0.557. The van der Waals surface area contributed by atoms with Crippen molar-refractivity contribution in [2.75, 3.05) is 6.54 Å². The third kappa shape index (κ3) is 3.65. The van der Waals surface area contributed by atoms with Gasteiger partial charge >= 0.3 is 0 Å². The van der Waals surface area contributed by atoms with E-state index in [-0.39, 0.29) is 47.0 Å². The Kier molecular flexibility index (Phi) is 5.20. The molecule has 160 valence electrons. The predicted octanol–water partition coefficient (Wildman–Crippen LogP) is 5.41. The highest BCUT2D eigenvalue weighted by atomic mass is 35.5. The van der Waals surface area contributed by atoms with Crippen LogP contribution in [-0.2, 0) is 6.54 Å². The fraction of sp³-hybridized carbons (Fsp3) is 0.0909. The van der Waals surface area contributed by atoms with Gasteiger partial charge in [0.15, 0.2) is 0 Å². The van der Waals surface area contributed by atoms with Gasteiger partial charge in [0.2, 0.25) is 11.7 Å². The lowest BCUT2D eigenvalue weighted by atomic mass is 10.2. The molecule has 1 aliphatic rings. The number of halogens is 2. The smallest absolute Gasteiger partial charge is 0.246 e. The van der Waals surface area contributed by atoms with Gasteiger partial charge in [-0.05, 0) is 12.1 Å². The van der Waals surface area contributed by atoms with Crippen LogP contribution in [0.3, 0.4) is 0 Å².